The van der Waals surface area contributed by atoms with Gasteiger partial charge in [-0.25, -0.2) is 0 Å². The van der Waals surface area contributed by atoms with Gasteiger partial charge in [0.1, 0.15) is 6.07 Å². The van der Waals surface area contributed by atoms with Crippen molar-refractivity contribution in [3.8, 4) is 6.07 Å². The Hall–Kier alpha value is -1.24. The van der Waals surface area contributed by atoms with Gasteiger partial charge in [-0.05, 0) is 36.6 Å². The molecule has 0 radical (unpaired) electrons. The molecule has 4 heteroatoms. The van der Waals surface area contributed by atoms with Gasteiger partial charge in [0.25, 0.3) is 0 Å². The first-order valence-electron chi connectivity index (χ1n) is 7.08. The SMILES string of the molecule is CC(C)(C)CN(c1ccc(C#N)c(Cl)c1)C1CCNC1. The Bertz CT molecular complexity index is 507. The third kappa shape index (κ3) is 3.65. The Kier molecular flexibility index (Phi) is 4.57. The zero-order valence-electron chi connectivity index (χ0n) is 12.4. The zero-order chi connectivity index (χ0) is 14.8. The van der Waals surface area contributed by atoms with E-state index < -0.39 is 0 Å². The van der Waals surface area contributed by atoms with E-state index in [-0.39, 0.29) is 5.41 Å². The molecule has 1 unspecified atom stereocenters. The first kappa shape index (κ1) is 15.2. The fourth-order valence-electron chi connectivity index (χ4n) is 2.62. The van der Waals surface area contributed by atoms with E-state index in [1.54, 1.807) is 0 Å². The van der Waals surface area contributed by atoms with Crippen molar-refractivity contribution < 1.29 is 0 Å². The lowest BCUT2D eigenvalue weighted by Gasteiger charge is -2.36. The van der Waals surface area contributed by atoms with E-state index in [4.69, 9.17) is 16.9 Å². The number of nitriles is 1. The van der Waals surface area contributed by atoms with Crippen molar-refractivity contribution in [2.24, 2.45) is 5.41 Å². The minimum absolute atomic E-state index is 0.211. The molecule has 20 heavy (non-hydrogen) atoms. The average molecular weight is 292 g/mol. The van der Waals surface area contributed by atoms with E-state index in [1.165, 1.54) is 0 Å². The lowest BCUT2D eigenvalue weighted by molar-refractivity contribution is 0.393. The molecule has 3 nitrogen and oxygen atoms in total. The van der Waals surface area contributed by atoms with Crippen LogP contribution in [0.3, 0.4) is 0 Å². The van der Waals surface area contributed by atoms with Crippen molar-refractivity contribution in [1.82, 2.24) is 5.32 Å². The topological polar surface area (TPSA) is 39.1 Å². The Morgan fingerprint density at radius 1 is 1.45 bits per heavy atom. The van der Waals surface area contributed by atoms with Crippen molar-refractivity contribution in [1.29, 1.82) is 5.26 Å². The molecule has 1 aromatic rings. The second-order valence-electron chi connectivity index (χ2n) is 6.61. The Morgan fingerprint density at radius 2 is 2.20 bits per heavy atom. The van der Waals surface area contributed by atoms with Gasteiger partial charge in [-0.2, -0.15) is 5.26 Å². The van der Waals surface area contributed by atoms with Gasteiger partial charge in [-0.3, -0.25) is 0 Å². The van der Waals surface area contributed by atoms with Gasteiger partial charge in [0.15, 0.2) is 0 Å². The molecule has 0 saturated carbocycles. The van der Waals surface area contributed by atoms with Crippen molar-refractivity contribution in [3.63, 3.8) is 0 Å². The van der Waals surface area contributed by atoms with Crippen molar-refractivity contribution >= 4 is 17.3 Å². The van der Waals surface area contributed by atoms with Gasteiger partial charge in [-0.15, -0.1) is 0 Å². The summed E-state index contributed by atoms with van der Waals surface area (Å²) in [4.78, 5) is 2.42. The number of hydrogen-bond acceptors (Lipinski definition) is 3. The highest BCUT2D eigenvalue weighted by Gasteiger charge is 2.26. The van der Waals surface area contributed by atoms with E-state index in [9.17, 15) is 0 Å². The Morgan fingerprint density at radius 3 is 2.70 bits per heavy atom. The number of nitrogens with zero attached hydrogens (tertiary/aromatic N) is 2. The molecule has 108 valence electrons. The van der Waals surface area contributed by atoms with Gasteiger partial charge in [-0.1, -0.05) is 32.4 Å². The minimum Gasteiger partial charge on any atom is -0.367 e. The normalized spacial score (nSPS) is 18.9. The highest BCUT2D eigenvalue weighted by molar-refractivity contribution is 6.32. The average Bonchev–Trinajstić information content (AvgIpc) is 2.88. The van der Waals surface area contributed by atoms with Crippen LogP contribution in [-0.2, 0) is 0 Å². The molecule has 0 aliphatic carbocycles. The quantitative estimate of drug-likeness (QED) is 0.927. The maximum absolute atomic E-state index is 8.99. The summed E-state index contributed by atoms with van der Waals surface area (Å²) in [5.74, 6) is 0. The molecule has 0 amide bonds. The molecule has 1 aliphatic heterocycles. The second kappa shape index (κ2) is 6.03. The predicted molar refractivity (Wildman–Crippen MR) is 84.2 cm³/mol. The summed E-state index contributed by atoms with van der Waals surface area (Å²) in [7, 11) is 0. The highest BCUT2D eigenvalue weighted by atomic mass is 35.5. The third-order valence-electron chi connectivity index (χ3n) is 3.52. The monoisotopic (exact) mass is 291 g/mol. The molecular formula is C16H22ClN3. The molecule has 1 N–H and O–H groups in total. The van der Waals surface area contributed by atoms with Crippen LogP contribution in [0.2, 0.25) is 5.02 Å². The van der Waals surface area contributed by atoms with Crippen LogP contribution in [0, 0.1) is 16.7 Å². The van der Waals surface area contributed by atoms with E-state index in [2.05, 4.69) is 37.1 Å². The van der Waals surface area contributed by atoms with E-state index in [0.717, 1.165) is 31.7 Å². The number of benzene rings is 1. The van der Waals surface area contributed by atoms with Crippen LogP contribution >= 0.6 is 11.6 Å². The third-order valence-corrected chi connectivity index (χ3v) is 3.84. The van der Waals surface area contributed by atoms with Gasteiger partial charge >= 0.3 is 0 Å². The Labute approximate surface area is 126 Å². The summed E-state index contributed by atoms with van der Waals surface area (Å²) >= 11 is 6.19. The van der Waals surface area contributed by atoms with Crippen molar-refractivity contribution in [3.05, 3.63) is 28.8 Å². The fourth-order valence-corrected chi connectivity index (χ4v) is 2.84. The summed E-state index contributed by atoms with van der Waals surface area (Å²) < 4.78 is 0. The van der Waals surface area contributed by atoms with Crippen LogP contribution < -0.4 is 10.2 Å². The first-order chi connectivity index (χ1) is 9.40. The van der Waals surface area contributed by atoms with E-state index >= 15 is 0 Å². The highest BCUT2D eigenvalue weighted by Crippen LogP contribution is 2.29. The van der Waals surface area contributed by atoms with Crippen LogP contribution in [0.15, 0.2) is 18.2 Å². The van der Waals surface area contributed by atoms with E-state index in [0.29, 0.717) is 16.6 Å². The summed E-state index contributed by atoms with van der Waals surface area (Å²) in [6.45, 7) is 9.78. The van der Waals surface area contributed by atoms with Crippen LogP contribution in [0.5, 0.6) is 0 Å². The van der Waals surface area contributed by atoms with Gasteiger partial charge in [0.2, 0.25) is 0 Å². The van der Waals surface area contributed by atoms with Crippen molar-refractivity contribution in [2.45, 2.75) is 33.2 Å². The maximum Gasteiger partial charge on any atom is 0.101 e. The molecule has 0 bridgehead atoms. The van der Waals surface area contributed by atoms with Gasteiger partial charge in [0, 0.05) is 24.8 Å². The maximum atomic E-state index is 8.99. The number of rotatable bonds is 3. The standard InChI is InChI=1S/C16H22ClN3/c1-16(2,3)11-20(14-6-7-19-10-14)13-5-4-12(9-18)15(17)8-13/h4-5,8,14,19H,6-7,10-11H2,1-3H3. The smallest absolute Gasteiger partial charge is 0.101 e. The zero-order valence-corrected chi connectivity index (χ0v) is 13.2. The summed E-state index contributed by atoms with van der Waals surface area (Å²) in [5.41, 5.74) is 1.86. The number of nitrogens with one attached hydrogen (secondary N) is 1. The number of halogens is 1. The largest absolute Gasteiger partial charge is 0.367 e. The summed E-state index contributed by atoms with van der Waals surface area (Å²) in [6.07, 6.45) is 1.15. The molecule has 1 saturated heterocycles. The van der Waals surface area contributed by atoms with Crippen LogP contribution in [-0.4, -0.2) is 25.7 Å². The molecule has 1 atom stereocenters. The second-order valence-corrected chi connectivity index (χ2v) is 7.02. The molecular weight excluding hydrogens is 270 g/mol. The lowest BCUT2D eigenvalue weighted by atomic mass is 9.94. The molecule has 1 aromatic carbocycles. The van der Waals surface area contributed by atoms with Crippen LogP contribution in [0.25, 0.3) is 0 Å². The molecule has 1 fully saturated rings. The van der Waals surface area contributed by atoms with E-state index in [1.807, 2.05) is 18.2 Å². The fraction of sp³-hybridized carbons (Fsp3) is 0.562. The lowest BCUT2D eigenvalue weighted by Crippen LogP contribution is -2.42. The molecule has 0 spiro atoms. The van der Waals surface area contributed by atoms with Gasteiger partial charge < -0.3 is 10.2 Å². The van der Waals surface area contributed by atoms with Crippen LogP contribution in [0.4, 0.5) is 5.69 Å². The first-order valence-corrected chi connectivity index (χ1v) is 7.45. The van der Waals surface area contributed by atoms with Crippen LogP contribution in [0.1, 0.15) is 32.8 Å². The number of anilines is 1. The molecule has 0 aromatic heterocycles. The number of hydrogen-bond donors (Lipinski definition) is 1. The minimum atomic E-state index is 0.211. The van der Waals surface area contributed by atoms with Gasteiger partial charge in [0.05, 0.1) is 10.6 Å². The summed E-state index contributed by atoms with van der Waals surface area (Å²) in [5, 5.41) is 12.9. The molecule has 2 rings (SSSR count). The van der Waals surface area contributed by atoms with Crippen molar-refractivity contribution in [2.75, 3.05) is 24.5 Å². The Balaban J connectivity index is 2.30. The predicted octanol–water partition coefficient (Wildman–Crippen LogP) is 3.43. The summed E-state index contributed by atoms with van der Waals surface area (Å²) in [6, 6.07) is 8.36. The molecule has 1 heterocycles. The molecule has 1 aliphatic rings.